The van der Waals surface area contributed by atoms with Gasteiger partial charge in [-0.2, -0.15) is 0 Å². The number of carboxylic acids is 1. The zero-order valence-corrected chi connectivity index (χ0v) is 6.66. The molecule has 1 unspecified atom stereocenters. The van der Waals surface area contributed by atoms with Crippen molar-refractivity contribution in [3.8, 4) is 0 Å². The van der Waals surface area contributed by atoms with Crippen LogP contribution in [0.1, 0.15) is 11.6 Å². The van der Waals surface area contributed by atoms with E-state index in [2.05, 4.69) is 0 Å². The van der Waals surface area contributed by atoms with Gasteiger partial charge >= 0.3 is 5.97 Å². The molecule has 0 amide bonds. The number of benzene rings is 1. The van der Waals surface area contributed by atoms with Gasteiger partial charge in [-0.25, -0.2) is 4.79 Å². The fourth-order valence-corrected chi connectivity index (χ4v) is 1.01. The van der Waals surface area contributed by atoms with Crippen LogP contribution in [0.25, 0.3) is 0 Å². The van der Waals surface area contributed by atoms with Crippen LogP contribution < -0.4 is 0 Å². The van der Waals surface area contributed by atoms with E-state index in [0.717, 1.165) is 0 Å². The third-order valence-electron chi connectivity index (χ3n) is 1.58. The van der Waals surface area contributed by atoms with Gasteiger partial charge in [0.2, 0.25) is 0 Å². The molecule has 3 N–H and O–H groups in total. The van der Waals surface area contributed by atoms with Crippen molar-refractivity contribution < 1.29 is 20.3 Å². The summed E-state index contributed by atoms with van der Waals surface area (Å²) in [5.41, 5.74) is 0.306. The molecule has 13 heavy (non-hydrogen) atoms. The number of hydrogen-bond donors (Lipinski definition) is 3. The van der Waals surface area contributed by atoms with Gasteiger partial charge in [0, 0.05) is 0 Å². The van der Waals surface area contributed by atoms with Crippen LogP contribution in [0.5, 0.6) is 0 Å². The predicted octanol–water partition coefficient (Wildman–Crippen LogP) is 0.893. The van der Waals surface area contributed by atoms with Crippen LogP contribution in [0.15, 0.2) is 30.3 Å². The summed E-state index contributed by atoms with van der Waals surface area (Å²) in [4.78, 5) is 10.6. The molecule has 0 spiro atoms. The summed E-state index contributed by atoms with van der Waals surface area (Å²) in [7, 11) is 0. The van der Waals surface area contributed by atoms with Gasteiger partial charge in [0.15, 0.2) is 6.04 Å². The molecule has 0 saturated heterocycles. The van der Waals surface area contributed by atoms with E-state index >= 15 is 0 Å². The van der Waals surface area contributed by atoms with Crippen molar-refractivity contribution in [3.05, 3.63) is 35.9 Å². The Bertz CT molecular complexity index is 285. The van der Waals surface area contributed by atoms with E-state index in [4.69, 9.17) is 15.5 Å². The molecule has 0 aliphatic rings. The Morgan fingerprint density at radius 3 is 2.15 bits per heavy atom. The van der Waals surface area contributed by atoms with Crippen molar-refractivity contribution in [2.75, 3.05) is 0 Å². The number of hydrogen-bond acceptors (Lipinski definition) is 4. The fourth-order valence-electron chi connectivity index (χ4n) is 1.01. The van der Waals surface area contributed by atoms with E-state index in [0.29, 0.717) is 5.56 Å². The zero-order valence-electron chi connectivity index (χ0n) is 6.66. The van der Waals surface area contributed by atoms with E-state index in [9.17, 15) is 4.79 Å². The third kappa shape index (κ3) is 2.25. The second kappa shape index (κ2) is 3.99. The molecule has 5 heteroatoms. The first-order valence-electron chi connectivity index (χ1n) is 3.57. The van der Waals surface area contributed by atoms with Gasteiger partial charge in [0.05, 0.1) is 0 Å². The maximum atomic E-state index is 10.6. The van der Waals surface area contributed by atoms with Gasteiger partial charge in [-0.05, 0) is 5.56 Å². The lowest BCUT2D eigenvalue weighted by molar-refractivity contribution is -0.329. The van der Waals surface area contributed by atoms with Gasteiger partial charge in [-0.3, -0.25) is 10.4 Å². The number of nitrogens with zero attached hydrogens (tertiary/aromatic N) is 1. The molecule has 0 bridgehead atoms. The first-order chi connectivity index (χ1) is 6.13. The normalized spacial score (nSPS) is 12.8. The van der Waals surface area contributed by atoms with Crippen LogP contribution in [-0.2, 0) is 4.79 Å². The number of rotatable bonds is 3. The standard InChI is InChI=1S/C8H9NO4/c10-8(11)7(9(12)13)6-4-2-1-3-5-6/h1-5,7,12-13H,(H,10,11). The van der Waals surface area contributed by atoms with E-state index in [1.165, 1.54) is 12.1 Å². The second-order valence-electron chi connectivity index (χ2n) is 2.47. The largest absolute Gasteiger partial charge is 0.480 e. The van der Waals surface area contributed by atoms with Gasteiger partial charge in [-0.15, -0.1) is 0 Å². The molecule has 1 aromatic carbocycles. The van der Waals surface area contributed by atoms with Gasteiger partial charge < -0.3 is 5.11 Å². The monoisotopic (exact) mass is 183 g/mol. The molecule has 0 aliphatic heterocycles. The van der Waals surface area contributed by atoms with Crippen molar-refractivity contribution in [1.29, 1.82) is 0 Å². The van der Waals surface area contributed by atoms with Gasteiger partial charge in [0.25, 0.3) is 0 Å². The summed E-state index contributed by atoms with van der Waals surface area (Å²) < 4.78 is 0. The first-order valence-corrected chi connectivity index (χ1v) is 3.57. The minimum Gasteiger partial charge on any atom is -0.480 e. The lowest BCUT2D eigenvalue weighted by Crippen LogP contribution is -2.28. The Morgan fingerprint density at radius 1 is 1.23 bits per heavy atom. The Hall–Kier alpha value is -1.43. The molecule has 0 radical (unpaired) electrons. The lowest BCUT2D eigenvalue weighted by Gasteiger charge is -2.15. The highest BCUT2D eigenvalue weighted by Gasteiger charge is 2.24. The van der Waals surface area contributed by atoms with Crippen molar-refractivity contribution in [1.82, 2.24) is 5.23 Å². The van der Waals surface area contributed by atoms with Crippen LogP contribution in [-0.4, -0.2) is 26.7 Å². The molecule has 1 aromatic rings. The van der Waals surface area contributed by atoms with Crippen LogP contribution >= 0.6 is 0 Å². The lowest BCUT2D eigenvalue weighted by atomic mass is 10.1. The molecule has 0 aliphatic carbocycles. The van der Waals surface area contributed by atoms with Gasteiger partial charge in [-0.1, -0.05) is 35.6 Å². The third-order valence-corrected chi connectivity index (χ3v) is 1.58. The number of carbonyl (C=O) groups is 1. The molecule has 0 fully saturated rings. The number of carboxylic acid groups (broad SMARTS) is 1. The maximum absolute atomic E-state index is 10.6. The summed E-state index contributed by atoms with van der Waals surface area (Å²) in [6, 6.07) is 6.50. The Morgan fingerprint density at radius 2 is 1.77 bits per heavy atom. The van der Waals surface area contributed by atoms with Crippen molar-refractivity contribution in [3.63, 3.8) is 0 Å². The first kappa shape index (κ1) is 9.66. The highest BCUT2D eigenvalue weighted by atomic mass is 16.8. The molecular formula is C8H9NO4. The zero-order chi connectivity index (χ0) is 9.84. The van der Waals surface area contributed by atoms with Crippen LogP contribution in [0.3, 0.4) is 0 Å². The average Bonchev–Trinajstić information content (AvgIpc) is 2.04. The summed E-state index contributed by atoms with van der Waals surface area (Å²) >= 11 is 0. The maximum Gasteiger partial charge on any atom is 0.330 e. The van der Waals surface area contributed by atoms with E-state index in [1.807, 2.05) is 0 Å². The van der Waals surface area contributed by atoms with Gasteiger partial charge in [0.1, 0.15) is 0 Å². The minimum absolute atomic E-state index is 0.306. The molecule has 70 valence electrons. The highest BCUT2D eigenvalue weighted by Crippen LogP contribution is 2.16. The summed E-state index contributed by atoms with van der Waals surface area (Å²) in [6.07, 6.45) is 0. The van der Waals surface area contributed by atoms with Crippen LogP contribution in [0.2, 0.25) is 0 Å². The van der Waals surface area contributed by atoms with E-state index in [1.54, 1.807) is 18.2 Å². The smallest absolute Gasteiger partial charge is 0.330 e. The number of hydroxylamine groups is 2. The fraction of sp³-hybridized carbons (Fsp3) is 0.125. The molecule has 1 atom stereocenters. The molecule has 0 aromatic heterocycles. The summed E-state index contributed by atoms with van der Waals surface area (Å²) in [6.45, 7) is 0. The second-order valence-corrected chi connectivity index (χ2v) is 2.47. The van der Waals surface area contributed by atoms with Crippen molar-refractivity contribution in [2.24, 2.45) is 0 Å². The summed E-state index contributed by atoms with van der Waals surface area (Å²) in [5.74, 6) is -1.32. The SMILES string of the molecule is O=C(O)C(c1ccccc1)N(O)O. The van der Waals surface area contributed by atoms with Crippen LogP contribution in [0, 0.1) is 0 Å². The minimum atomic E-state index is -1.44. The van der Waals surface area contributed by atoms with Crippen molar-refractivity contribution >= 4 is 5.97 Å². The molecular weight excluding hydrogens is 174 g/mol. The average molecular weight is 183 g/mol. The molecule has 5 nitrogen and oxygen atoms in total. The highest BCUT2D eigenvalue weighted by molar-refractivity contribution is 5.75. The predicted molar refractivity (Wildman–Crippen MR) is 42.2 cm³/mol. The van der Waals surface area contributed by atoms with E-state index < -0.39 is 12.0 Å². The van der Waals surface area contributed by atoms with Crippen molar-refractivity contribution in [2.45, 2.75) is 6.04 Å². The topological polar surface area (TPSA) is 81.0 Å². The quantitative estimate of drug-likeness (QED) is 0.606. The van der Waals surface area contributed by atoms with E-state index in [-0.39, 0.29) is 5.23 Å². The Kier molecular flexibility index (Phi) is 2.97. The Labute approximate surface area is 74.4 Å². The Balaban J connectivity index is 2.96. The number of aliphatic carboxylic acids is 1. The molecule has 0 heterocycles. The van der Waals surface area contributed by atoms with Crippen LogP contribution in [0.4, 0.5) is 0 Å². The molecule has 1 rings (SSSR count). The molecule has 0 saturated carbocycles. The summed E-state index contributed by atoms with van der Waals surface area (Å²) in [5, 5.41) is 25.6.